The Morgan fingerprint density at radius 2 is 2.32 bits per heavy atom. The van der Waals surface area contributed by atoms with Gasteiger partial charge < -0.3 is 9.84 Å². The Balaban J connectivity index is 1.88. The molecule has 3 heterocycles. The number of nitrogen functional groups attached to an aromatic ring is 1. The van der Waals surface area contributed by atoms with Crippen LogP contribution in [0.15, 0.2) is 22.0 Å². The number of aromatic nitrogens is 3. The molecule has 3 aromatic heterocycles. The fourth-order valence-corrected chi connectivity index (χ4v) is 2.49. The summed E-state index contributed by atoms with van der Waals surface area (Å²) in [5.41, 5.74) is 3.31. The van der Waals surface area contributed by atoms with Crippen LogP contribution in [0.1, 0.15) is 11.5 Å². The summed E-state index contributed by atoms with van der Waals surface area (Å²) in [6.07, 6.45) is 0. The van der Waals surface area contributed by atoms with Gasteiger partial charge in [-0.1, -0.05) is 5.16 Å². The van der Waals surface area contributed by atoms with Crippen molar-refractivity contribution in [2.24, 2.45) is 5.84 Å². The summed E-state index contributed by atoms with van der Waals surface area (Å²) in [6.45, 7) is 2.39. The molecule has 8 heteroatoms. The molecule has 3 rings (SSSR count). The van der Waals surface area contributed by atoms with E-state index in [1.807, 2.05) is 24.4 Å². The third-order valence-electron chi connectivity index (χ3n) is 2.56. The number of anilines is 2. The molecule has 19 heavy (non-hydrogen) atoms. The Morgan fingerprint density at radius 1 is 1.42 bits per heavy atom. The molecule has 4 N–H and O–H groups in total. The molecule has 0 radical (unpaired) electrons. The van der Waals surface area contributed by atoms with Crippen molar-refractivity contribution in [3.63, 3.8) is 0 Å². The second-order valence-corrected chi connectivity index (χ2v) is 4.86. The average Bonchev–Trinajstić information content (AvgIpc) is 3.04. The zero-order chi connectivity index (χ0) is 13.2. The molecule has 0 bridgehead atoms. The smallest absolute Gasteiger partial charge is 0.240 e. The SMILES string of the molecule is Cc1cc(CNc2nc(NN)nc3sccc23)on1. The highest BCUT2D eigenvalue weighted by molar-refractivity contribution is 7.16. The number of hydrazine groups is 1. The molecule has 98 valence electrons. The van der Waals surface area contributed by atoms with Crippen LogP contribution < -0.4 is 16.6 Å². The topological polar surface area (TPSA) is 102 Å². The Bertz CT molecular complexity index is 706. The third-order valence-corrected chi connectivity index (χ3v) is 3.37. The number of hydrogen-bond donors (Lipinski definition) is 3. The number of rotatable bonds is 4. The summed E-state index contributed by atoms with van der Waals surface area (Å²) in [7, 11) is 0. The normalized spacial score (nSPS) is 10.8. The van der Waals surface area contributed by atoms with Crippen LogP contribution in [0.2, 0.25) is 0 Å². The number of nitrogens with zero attached hydrogens (tertiary/aromatic N) is 3. The van der Waals surface area contributed by atoms with Gasteiger partial charge in [0.1, 0.15) is 10.6 Å². The first-order chi connectivity index (χ1) is 9.26. The van der Waals surface area contributed by atoms with Crippen molar-refractivity contribution in [2.45, 2.75) is 13.5 Å². The number of hydrogen-bond acceptors (Lipinski definition) is 8. The second kappa shape index (κ2) is 4.82. The highest BCUT2D eigenvalue weighted by atomic mass is 32.1. The standard InChI is InChI=1S/C11H12N6OS/c1-6-4-7(18-17-6)5-13-9-8-2-3-19-10(8)15-11(14-9)16-12/h2-4H,5,12H2,1H3,(H2,13,14,15,16). The van der Waals surface area contributed by atoms with Crippen molar-refractivity contribution in [1.29, 1.82) is 0 Å². The van der Waals surface area contributed by atoms with Crippen molar-refractivity contribution in [1.82, 2.24) is 15.1 Å². The molecular weight excluding hydrogens is 264 g/mol. The first-order valence-electron chi connectivity index (χ1n) is 5.64. The first-order valence-corrected chi connectivity index (χ1v) is 6.52. The van der Waals surface area contributed by atoms with Gasteiger partial charge in [0.25, 0.3) is 0 Å². The maximum atomic E-state index is 5.36. The minimum absolute atomic E-state index is 0.381. The Kier molecular flexibility index (Phi) is 3.02. The average molecular weight is 276 g/mol. The largest absolute Gasteiger partial charge is 0.362 e. The number of nitrogens with two attached hydrogens (primary N) is 1. The van der Waals surface area contributed by atoms with E-state index < -0.39 is 0 Å². The van der Waals surface area contributed by atoms with E-state index >= 15 is 0 Å². The molecule has 0 aliphatic carbocycles. The number of thiophene rings is 1. The van der Waals surface area contributed by atoms with Gasteiger partial charge in [0, 0.05) is 6.07 Å². The number of aryl methyl sites for hydroxylation is 1. The van der Waals surface area contributed by atoms with E-state index in [1.165, 1.54) is 11.3 Å². The molecule has 0 aliphatic heterocycles. The molecule has 0 saturated carbocycles. The van der Waals surface area contributed by atoms with Gasteiger partial charge in [-0.25, -0.2) is 10.8 Å². The van der Waals surface area contributed by atoms with Crippen LogP contribution in [0, 0.1) is 6.92 Å². The summed E-state index contributed by atoms with van der Waals surface area (Å²) in [4.78, 5) is 9.44. The maximum Gasteiger partial charge on any atom is 0.240 e. The first kappa shape index (κ1) is 11.9. The number of fused-ring (bicyclic) bond motifs is 1. The van der Waals surface area contributed by atoms with Gasteiger partial charge in [0.15, 0.2) is 5.76 Å². The number of nitrogens with one attached hydrogen (secondary N) is 2. The minimum Gasteiger partial charge on any atom is -0.362 e. The van der Waals surface area contributed by atoms with E-state index in [2.05, 4.69) is 25.9 Å². The van der Waals surface area contributed by atoms with E-state index in [1.54, 1.807) is 0 Å². The molecule has 0 fully saturated rings. The van der Waals surface area contributed by atoms with Crippen molar-refractivity contribution in [2.75, 3.05) is 10.7 Å². The van der Waals surface area contributed by atoms with Gasteiger partial charge in [0.05, 0.1) is 17.6 Å². The highest BCUT2D eigenvalue weighted by Crippen LogP contribution is 2.26. The van der Waals surface area contributed by atoms with Crippen molar-refractivity contribution >= 4 is 33.3 Å². The van der Waals surface area contributed by atoms with E-state index in [9.17, 15) is 0 Å². The fraction of sp³-hybridized carbons (Fsp3) is 0.182. The molecule has 0 unspecified atom stereocenters. The Labute approximate surface area is 112 Å². The van der Waals surface area contributed by atoms with Crippen LogP contribution in [0.25, 0.3) is 10.2 Å². The zero-order valence-electron chi connectivity index (χ0n) is 10.2. The van der Waals surface area contributed by atoms with Crippen LogP contribution in [-0.4, -0.2) is 15.1 Å². The lowest BCUT2D eigenvalue weighted by Crippen LogP contribution is -2.12. The summed E-state index contributed by atoms with van der Waals surface area (Å²) >= 11 is 1.53. The quantitative estimate of drug-likeness (QED) is 0.494. The third kappa shape index (κ3) is 2.35. The summed E-state index contributed by atoms with van der Waals surface area (Å²) in [5.74, 6) is 7.21. The van der Waals surface area contributed by atoms with Gasteiger partial charge >= 0.3 is 0 Å². The van der Waals surface area contributed by atoms with E-state index in [-0.39, 0.29) is 0 Å². The molecule has 3 aromatic rings. The highest BCUT2D eigenvalue weighted by Gasteiger charge is 2.09. The Hall–Kier alpha value is -2.19. The molecule has 0 saturated heterocycles. The zero-order valence-corrected chi connectivity index (χ0v) is 11.0. The van der Waals surface area contributed by atoms with Gasteiger partial charge in [-0.2, -0.15) is 4.98 Å². The van der Waals surface area contributed by atoms with Gasteiger partial charge in [-0.15, -0.1) is 11.3 Å². The van der Waals surface area contributed by atoms with E-state index in [4.69, 9.17) is 10.4 Å². The summed E-state index contributed by atoms with van der Waals surface area (Å²) < 4.78 is 5.14. The lowest BCUT2D eigenvalue weighted by Gasteiger charge is -2.06. The molecule has 0 amide bonds. The van der Waals surface area contributed by atoms with Crippen molar-refractivity contribution in [3.8, 4) is 0 Å². The molecule has 0 aromatic carbocycles. The molecule has 0 atom stereocenters. The monoisotopic (exact) mass is 276 g/mol. The maximum absolute atomic E-state index is 5.36. The van der Waals surface area contributed by atoms with Crippen LogP contribution in [0.3, 0.4) is 0 Å². The molecule has 0 aliphatic rings. The van der Waals surface area contributed by atoms with Crippen molar-refractivity contribution < 1.29 is 4.52 Å². The van der Waals surface area contributed by atoms with Crippen molar-refractivity contribution in [3.05, 3.63) is 29.0 Å². The lowest BCUT2D eigenvalue weighted by molar-refractivity contribution is 0.384. The molecule has 0 spiro atoms. The predicted octanol–water partition coefficient (Wildman–Crippen LogP) is 1.89. The van der Waals surface area contributed by atoms with Gasteiger partial charge in [-0.05, 0) is 18.4 Å². The minimum atomic E-state index is 0.381. The second-order valence-electron chi connectivity index (χ2n) is 3.97. The summed E-state index contributed by atoms with van der Waals surface area (Å²) in [6, 6.07) is 3.84. The van der Waals surface area contributed by atoms with Crippen LogP contribution in [-0.2, 0) is 6.54 Å². The molecule has 7 nitrogen and oxygen atoms in total. The van der Waals surface area contributed by atoms with Gasteiger partial charge in [0.2, 0.25) is 5.95 Å². The van der Waals surface area contributed by atoms with Crippen LogP contribution >= 0.6 is 11.3 Å². The lowest BCUT2D eigenvalue weighted by atomic mass is 10.3. The van der Waals surface area contributed by atoms with Crippen LogP contribution in [0.5, 0.6) is 0 Å². The van der Waals surface area contributed by atoms with Crippen LogP contribution in [0.4, 0.5) is 11.8 Å². The van der Waals surface area contributed by atoms with E-state index in [0.717, 1.165) is 21.7 Å². The predicted molar refractivity (Wildman–Crippen MR) is 73.8 cm³/mol. The molecular formula is C11H12N6OS. The summed E-state index contributed by atoms with van der Waals surface area (Å²) in [5, 5.41) is 9.96. The van der Waals surface area contributed by atoms with Gasteiger partial charge in [-0.3, -0.25) is 5.43 Å². The Morgan fingerprint density at radius 3 is 3.05 bits per heavy atom. The fourth-order valence-electron chi connectivity index (χ4n) is 1.73. The van der Waals surface area contributed by atoms with E-state index in [0.29, 0.717) is 18.3 Å².